The Morgan fingerprint density at radius 3 is 2.79 bits per heavy atom. The summed E-state index contributed by atoms with van der Waals surface area (Å²) in [7, 11) is 0. The minimum Gasteiger partial charge on any atom is -0.396 e. The molecule has 0 radical (unpaired) electrons. The first-order valence-electron chi connectivity index (χ1n) is 5.79. The normalized spacial score (nSPS) is 43.3. The first kappa shape index (κ1) is 10.4. The highest BCUT2D eigenvalue weighted by atomic mass is 16.5. The third-order valence-electron chi connectivity index (χ3n) is 3.70. The average Bonchev–Trinajstić information content (AvgIpc) is 2.77. The van der Waals surface area contributed by atoms with Crippen molar-refractivity contribution >= 4 is 0 Å². The Morgan fingerprint density at radius 2 is 2.14 bits per heavy atom. The highest BCUT2D eigenvalue weighted by Gasteiger charge is 2.32. The molecular formula is C11H21NO2. The van der Waals surface area contributed by atoms with Gasteiger partial charge < -0.3 is 15.2 Å². The highest BCUT2D eigenvalue weighted by molar-refractivity contribution is 4.89. The van der Waals surface area contributed by atoms with Crippen molar-refractivity contribution in [2.75, 3.05) is 13.2 Å². The van der Waals surface area contributed by atoms with Gasteiger partial charge in [0.2, 0.25) is 0 Å². The zero-order valence-corrected chi connectivity index (χ0v) is 8.91. The van der Waals surface area contributed by atoms with Crippen molar-refractivity contribution in [2.45, 2.75) is 50.8 Å². The summed E-state index contributed by atoms with van der Waals surface area (Å²) in [5.41, 5.74) is 0. The third-order valence-corrected chi connectivity index (χ3v) is 3.70. The molecule has 0 spiro atoms. The quantitative estimate of drug-likeness (QED) is 0.710. The maximum atomic E-state index is 9.21. The maximum absolute atomic E-state index is 9.21. The standard InChI is InChI=1S/C11H21NO2/c1-8-10(5-6-14-8)12-11-4-2-3-9(11)7-13/h8-13H,2-7H2,1H3. The lowest BCUT2D eigenvalue weighted by Gasteiger charge is -2.25. The molecule has 2 fully saturated rings. The number of aliphatic hydroxyl groups excluding tert-OH is 1. The van der Waals surface area contributed by atoms with Crippen LogP contribution in [0.3, 0.4) is 0 Å². The van der Waals surface area contributed by atoms with Gasteiger partial charge in [-0.05, 0) is 32.1 Å². The van der Waals surface area contributed by atoms with Gasteiger partial charge in [0.1, 0.15) is 0 Å². The minimum atomic E-state index is 0.333. The summed E-state index contributed by atoms with van der Waals surface area (Å²) in [5, 5.41) is 12.8. The predicted octanol–water partition coefficient (Wildman–Crippen LogP) is 0.914. The Hall–Kier alpha value is -0.120. The van der Waals surface area contributed by atoms with Crippen LogP contribution in [0.2, 0.25) is 0 Å². The molecule has 0 aromatic carbocycles. The van der Waals surface area contributed by atoms with Gasteiger partial charge >= 0.3 is 0 Å². The molecule has 1 saturated heterocycles. The zero-order valence-electron chi connectivity index (χ0n) is 8.91. The minimum absolute atomic E-state index is 0.333. The molecule has 3 nitrogen and oxygen atoms in total. The number of hydrogen-bond donors (Lipinski definition) is 2. The van der Waals surface area contributed by atoms with E-state index < -0.39 is 0 Å². The van der Waals surface area contributed by atoms with Crippen LogP contribution >= 0.6 is 0 Å². The molecule has 2 N–H and O–H groups in total. The van der Waals surface area contributed by atoms with Gasteiger partial charge in [0.05, 0.1) is 6.10 Å². The number of ether oxygens (including phenoxy) is 1. The van der Waals surface area contributed by atoms with Crippen molar-refractivity contribution < 1.29 is 9.84 Å². The van der Waals surface area contributed by atoms with Crippen LogP contribution in [0.5, 0.6) is 0 Å². The van der Waals surface area contributed by atoms with Crippen LogP contribution in [0.25, 0.3) is 0 Å². The molecule has 14 heavy (non-hydrogen) atoms. The second-order valence-corrected chi connectivity index (χ2v) is 4.62. The van der Waals surface area contributed by atoms with Crippen LogP contribution < -0.4 is 5.32 Å². The molecule has 1 heterocycles. The number of hydrogen-bond acceptors (Lipinski definition) is 3. The molecule has 2 aliphatic rings. The van der Waals surface area contributed by atoms with E-state index in [0.29, 0.717) is 30.7 Å². The summed E-state index contributed by atoms with van der Waals surface area (Å²) in [6, 6.07) is 1.03. The lowest BCUT2D eigenvalue weighted by molar-refractivity contribution is 0.107. The molecule has 2 rings (SSSR count). The van der Waals surface area contributed by atoms with Crippen molar-refractivity contribution in [3.8, 4) is 0 Å². The molecular weight excluding hydrogens is 178 g/mol. The van der Waals surface area contributed by atoms with E-state index in [-0.39, 0.29) is 0 Å². The van der Waals surface area contributed by atoms with E-state index in [9.17, 15) is 5.11 Å². The van der Waals surface area contributed by atoms with E-state index in [1.54, 1.807) is 0 Å². The Balaban J connectivity index is 1.83. The van der Waals surface area contributed by atoms with Gasteiger partial charge in [-0.1, -0.05) is 6.42 Å². The fourth-order valence-electron chi connectivity index (χ4n) is 2.70. The average molecular weight is 199 g/mol. The molecule has 0 bridgehead atoms. The van der Waals surface area contributed by atoms with Crippen LogP contribution in [0, 0.1) is 5.92 Å². The molecule has 82 valence electrons. The smallest absolute Gasteiger partial charge is 0.0700 e. The van der Waals surface area contributed by atoms with Crippen LogP contribution in [0.4, 0.5) is 0 Å². The van der Waals surface area contributed by atoms with Crippen molar-refractivity contribution in [3.63, 3.8) is 0 Å². The van der Waals surface area contributed by atoms with Crippen LogP contribution in [-0.2, 0) is 4.74 Å². The van der Waals surface area contributed by atoms with E-state index in [0.717, 1.165) is 13.0 Å². The molecule has 4 atom stereocenters. The second kappa shape index (κ2) is 4.60. The lowest BCUT2D eigenvalue weighted by Crippen LogP contribution is -2.44. The van der Waals surface area contributed by atoms with Gasteiger partial charge in [-0.2, -0.15) is 0 Å². The molecule has 0 amide bonds. The van der Waals surface area contributed by atoms with Crippen molar-refractivity contribution in [1.29, 1.82) is 0 Å². The highest BCUT2D eigenvalue weighted by Crippen LogP contribution is 2.27. The van der Waals surface area contributed by atoms with Crippen molar-refractivity contribution in [1.82, 2.24) is 5.32 Å². The monoisotopic (exact) mass is 199 g/mol. The molecule has 1 aliphatic heterocycles. The third kappa shape index (κ3) is 2.10. The maximum Gasteiger partial charge on any atom is 0.0700 e. The van der Waals surface area contributed by atoms with Gasteiger partial charge in [-0.15, -0.1) is 0 Å². The van der Waals surface area contributed by atoms with Gasteiger partial charge in [-0.25, -0.2) is 0 Å². The van der Waals surface area contributed by atoms with Crippen molar-refractivity contribution in [3.05, 3.63) is 0 Å². The fraction of sp³-hybridized carbons (Fsp3) is 1.00. The molecule has 0 aromatic heterocycles. The van der Waals surface area contributed by atoms with Gasteiger partial charge in [0.15, 0.2) is 0 Å². The lowest BCUT2D eigenvalue weighted by atomic mass is 10.0. The van der Waals surface area contributed by atoms with E-state index in [4.69, 9.17) is 4.74 Å². The summed E-state index contributed by atoms with van der Waals surface area (Å²) in [4.78, 5) is 0. The first-order chi connectivity index (χ1) is 6.81. The molecule has 4 unspecified atom stereocenters. The predicted molar refractivity (Wildman–Crippen MR) is 55.2 cm³/mol. The molecule has 1 saturated carbocycles. The molecule has 0 aromatic rings. The SMILES string of the molecule is CC1OCCC1NC1CCCC1CO. The second-order valence-electron chi connectivity index (χ2n) is 4.62. The number of aliphatic hydroxyl groups is 1. The zero-order chi connectivity index (χ0) is 9.97. The van der Waals surface area contributed by atoms with Gasteiger partial charge in [-0.3, -0.25) is 0 Å². The summed E-state index contributed by atoms with van der Waals surface area (Å²) in [6.45, 7) is 3.35. The first-order valence-corrected chi connectivity index (χ1v) is 5.79. The fourth-order valence-corrected chi connectivity index (χ4v) is 2.70. The topological polar surface area (TPSA) is 41.5 Å². The van der Waals surface area contributed by atoms with Crippen LogP contribution in [0.15, 0.2) is 0 Å². The summed E-state index contributed by atoms with van der Waals surface area (Å²) >= 11 is 0. The van der Waals surface area contributed by atoms with E-state index >= 15 is 0 Å². The summed E-state index contributed by atoms with van der Waals surface area (Å²) in [5.74, 6) is 0.475. The summed E-state index contributed by atoms with van der Waals surface area (Å²) < 4.78 is 5.52. The molecule has 1 aliphatic carbocycles. The van der Waals surface area contributed by atoms with E-state index in [1.807, 2.05) is 0 Å². The van der Waals surface area contributed by atoms with Gasteiger partial charge in [0, 0.05) is 25.3 Å². The Kier molecular flexibility index (Phi) is 3.42. The van der Waals surface area contributed by atoms with Gasteiger partial charge in [0.25, 0.3) is 0 Å². The number of rotatable bonds is 3. The van der Waals surface area contributed by atoms with Crippen LogP contribution in [0.1, 0.15) is 32.6 Å². The molecule has 3 heteroatoms. The van der Waals surface area contributed by atoms with E-state index in [2.05, 4.69) is 12.2 Å². The Bertz CT molecular complexity index is 186. The van der Waals surface area contributed by atoms with Crippen molar-refractivity contribution in [2.24, 2.45) is 5.92 Å². The Morgan fingerprint density at radius 1 is 1.29 bits per heavy atom. The summed E-state index contributed by atoms with van der Waals surface area (Å²) in [6.07, 6.45) is 5.11. The van der Waals surface area contributed by atoms with Crippen LogP contribution in [-0.4, -0.2) is 36.5 Å². The largest absolute Gasteiger partial charge is 0.396 e. The van der Waals surface area contributed by atoms with E-state index in [1.165, 1.54) is 19.3 Å². The number of nitrogens with one attached hydrogen (secondary N) is 1. The Labute approximate surface area is 85.8 Å².